The molecular formula is C19H18N2O3S. The van der Waals surface area contributed by atoms with Crippen molar-refractivity contribution in [2.75, 3.05) is 19.5 Å². The molecule has 0 aliphatic carbocycles. The van der Waals surface area contributed by atoms with Crippen molar-refractivity contribution in [2.24, 2.45) is 0 Å². The number of hydrogen-bond acceptors (Lipinski definition) is 5. The third-order valence-corrected chi connectivity index (χ3v) is 4.46. The van der Waals surface area contributed by atoms with Gasteiger partial charge in [-0.25, -0.2) is 4.98 Å². The van der Waals surface area contributed by atoms with Crippen LogP contribution in [0.5, 0.6) is 5.75 Å². The average molecular weight is 354 g/mol. The van der Waals surface area contributed by atoms with Crippen molar-refractivity contribution in [1.82, 2.24) is 4.98 Å². The van der Waals surface area contributed by atoms with E-state index in [0.717, 1.165) is 27.6 Å². The van der Waals surface area contributed by atoms with E-state index in [2.05, 4.69) is 10.3 Å². The van der Waals surface area contributed by atoms with Gasteiger partial charge in [0.1, 0.15) is 16.5 Å². The number of aromatic nitrogens is 1. The highest BCUT2D eigenvalue weighted by Crippen LogP contribution is 2.26. The molecule has 0 saturated carbocycles. The number of hydrogen-bond donors (Lipinski definition) is 1. The van der Waals surface area contributed by atoms with Crippen LogP contribution in [0.15, 0.2) is 53.9 Å². The van der Waals surface area contributed by atoms with E-state index in [0.29, 0.717) is 12.3 Å². The summed E-state index contributed by atoms with van der Waals surface area (Å²) in [7, 11) is 3.27. The Hall–Kier alpha value is -2.70. The van der Waals surface area contributed by atoms with E-state index in [1.807, 2.05) is 48.5 Å². The lowest BCUT2D eigenvalue weighted by atomic mass is 10.2. The summed E-state index contributed by atoms with van der Waals surface area (Å²) in [5, 5.41) is 5.42. The SMILES string of the molecule is COCc1cccc(NC(=O)c2csc(-c3ccc(OC)cc3)n2)c1. The Bertz CT molecular complexity index is 859. The molecule has 0 unspecified atom stereocenters. The fourth-order valence-electron chi connectivity index (χ4n) is 2.34. The molecule has 25 heavy (non-hydrogen) atoms. The van der Waals surface area contributed by atoms with Gasteiger partial charge in [-0.05, 0) is 42.0 Å². The Morgan fingerprint density at radius 2 is 1.96 bits per heavy atom. The summed E-state index contributed by atoms with van der Waals surface area (Å²) in [5.74, 6) is 0.555. The van der Waals surface area contributed by atoms with Gasteiger partial charge in [-0.1, -0.05) is 12.1 Å². The summed E-state index contributed by atoms with van der Waals surface area (Å²) in [4.78, 5) is 16.8. The number of nitrogens with zero attached hydrogens (tertiary/aromatic N) is 1. The summed E-state index contributed by atoms with van der Waals surface area (Å²) >= 11 is 1.43. The zero-order chi connectivity index (χ0) is 17.6. The fraction of sp³-hybridized carbons (Fsp3) is 0.158. The molecule has 3 rings (SSSR count). The van der Waals surface area contributed by atoms with Gasteiger partial charge in [0.2, 0.25) is 0 Å². The molecular weight excluding hydrogens is 336 g/mol. The Labute approximate surface area is 150 Å². The van der Waals surface area contributed by atoms with Gasteiger partial charge in [0, 0.05) is 23.7 Å². The second-order valence-corrected chi connectivity index (χ2v) is 6.21. The minimum Gasteiger partial charge on any atom is -0.497 e. The molecule has 0 atom stereocenters. The van der Waals surface area contributed by atoms with Gasteiger partial charge in [-0.2, -0.15) is 0 Å². The van der Waals surface area contributed by atoms with Crippen LogP contribution in [-0.4, -0.2) is 25.1 Å². The summed E-state index contributed by atoms with van der Waals surface area (Å²) in [5.41, 5.74) is 3.07. The topological polar surface area (TPSA) is 60.5 Å². The van der Waals surface area contributed by atoms with Crippen LogP contribution in [0.25, 0.3) is 10.6 Å². The highest BCUT2D eigenvalue weighted by atomic mass is 32.1. The lowest BCUT2D eigenvalue weighted by Gasteiger charge is -2.05. The van der Waals surface area contributed by atoms with Gasteiger partial charge in [-0.15, -0.1) is 11.3 Å². The van der Waals surface area contributed by atoms with Gasteiger partial charge in [0.25, 0.3) is 5.91 Å². The maximum Gasteiger partial charge on any atom is 0.275 e. The van der Waals surface area contributed by atoms with Gasteiger partial charge in [-0.3, -0.25) is 4.79 Å². The second kappa shape index (κ2) is 7.92. The molecule has 1 N–H and O–H groups in total. The smallest absolute Gasteiger partial charge is 0.275 e. The van der Waals surface area contributed by atoms with E-state index < -0.39 is 0 Å². The Kier molecular flexibility index (Phi) is 5.42. The molecule has 0 bridgehead atoms. The van der Waals surface area contributed by atoms with Crippen molar-refractivity contribution in [1.29, 1.82) is 0 Å². The van der Waals surface area contributed by atoms with E-state index >= 15 is 0 Å². The normalized spacial score (nSPS) is 10.5. The zero-order valence-corrected chi connectivity index (χ0v) is 14.8. The van der Waals surface area contributed by atoms with Crippen molar-refractivity contribution in [3.63, 3.8) is 0 Å². The van der Waals surface area contributed by atoms with Crippen LogP contribution >= 0.6 is 11.3 Å². The third kappa shape index (κ3) is 4.23. The van der Waals surface area contributed by atoms with E-state index in [9.17, 15) is 4.79 Å². The first-order valence-electron chi connectivity index (χ1n) is 7.69. The number of carbonyl (C=O) groups excluding carboxylic acids is 1. The maximum atomic E-state index is 12.4. The summed E-state index contributed by atoms with van der Waals surface area (Å²) in [6.07, 6.45) is 0. The van der Waals surface area contributed by atoms with Crippen LogP contribution in [0.3, 0.4) is 0 Å². The zero-order valence-electron chi connectivity index (χ0n) is 14.0. The minimum atomic E-state index is -0.231. The van der Waals surface area contributed by atoms with Gasteiger partial charge < -0.3 is 14.8 Å². The number of methoxy groups -OCH3 is 2. The monoisotopic (exact) mass is 354 g/mol. The number of carbonyl (C=O) groups is 1. The van der Waals surface area contributed by atoms with Crippen LogP contribution in [0.4, 0.5) is 5.69 Å². The number of thiazole rings is 1. The molecule has 0 fully saturated rings. The molecule has 1 aromatic heterocycles. The third-order valence-electron chi connectivity index (χ3n) is 3.57. The Morgan fingerprint density at radius 1 is 1.16 bits per heavy atom. The molecule has 0 spiro atoms. The van der Waals surface area contributed by atoms with Crippen molar-refractivity contribution in [3.05, 3.63) is 65.2 Å². The van der Waals surface area contributed by atoms with Gasteiger partial charge >= 0.3 is 0 Å². The first-order chi connectivity index (χ1) is 12.2. The van der Waals surface area contributed by atoms with E-state index in [1.165, 1.54) is 11.3 Å². The largest absolute Gasteiger partial charge is 0.497 e. The first kappa shape index (κ1) is 17.1. The van der Waals surface area contributed by atoms with Crippen molar-refractivity contribution in [2.45, 2.75) is 6.61 Å². The molecule has 0 aliphatic rings. The summed E-state index contributed by atoms with van der Waals surface area (Å²) < 4.78 is 10.3. The molecule has 6 heteroatoms. The number of amides is 1. The fourth-order valence-corrected chi connectivity index (χ4v) is 3.15. The second-order valence-electron chi connectivity index (χ2n) is 5.35. The minimum absolute atomic E-state index is 0.231. The highest BCUT2D eigenvalue weighted by Gasteiger charge is 2.12. The van der Waals surface area contributed by atoms with Crippen molar-refractivity contribution < 1.29 is 14.3 Å². The number of benzene rings is 2. The number of nitrogens with one attached hydrogen (secondary N) is 1. The van der Waals surface area contributed by atoms with Gasteiger partial charge in [0.15, 0.2) is 0 Å². The Balaban J connectivity index is 1.72. The quantitative estimate of drug-likeness (QED) is 0.720. The predicted molar refractivity (Wildman–Crippen MR) is 99.2 cm³/mol. The van der Waals surface area contributed by atoms with E-state index in [-0.39, 0.29) is 5.91 Å². The van der Waals surface area contributed by atoms with Crippen LogP contribution in [0, 0.1) is 0 Å². The number of anilines is 1. The maximum absolute atomic E-state index is 12.4. The van der Waals surface area contributed by atoms with E-state index in [4.69, 9.17) is 9.47 Å². The predicted octanol–water partition coefficient (Wildman–Crippen LogP) is 4.22. The number of ether oxygens (including phenoxy) is 2. The molecule has 5 nitrogen and oxygen atoms in total. The van der Waals surface area contributed by atoms with E-state index in [1.54, 1.807) is 19.6 Å². The van der Waals surface area contributed by atoms with Gasteiger partial charge in [0.05, 0.1) is 13.7 Å². The molecule has 0 radical (unpaired) electrons. The lowest BCUT2D eigenvalue weighted by molar-refractivity contribution is 0.102. The Morgan fingerprint density at radius 3 is 2.68 bits per heavy atom. The van der Waals surface area contributed by atoms with Crippen molar-refractivity contribution >= 4 is 22.9 Å². The molecule has 1 heterocycles. The molecule has 0 aliphatic heterocycles. The molecule has 128 valence electrons. The average Bonchev–Trinajstić information content (AvgIpc) is 3.13. The highest BCUT2D eigenvalue weighted by molar-refractivity contribution is 7.13. The molecule has 2 aromatic carbocycles. The number of rotatable bonds is 6. The van der Waals surface area contributed by atoms with Crippen LogP contribution in [0.2, 0.25) is 0 Å². The van der Waals surface area contributed by atoms with Crippen molar-refractivity contribution in [3.8, 4) is 16.3 Å². The molecule has 0 saturated heterocycles. The summed E-state index contributed by atoms with van der Waals surface area (Å²) in [6, 6.07) is 15.2. The molecule has 1 amide bonds. The van der Waals surface area contributed by atoms with Crippen LogP contribution in [0.1, 0.15) is 16.1 Å². The van der Waals surface area contributed by atoms with Crippen LogP contribution < -0.4 is 10.1 Å². The van der Waals surface area contributed by atoms with Crippen LogP contribution in [-0.2, 0) is 11.3 Å². The first-order valence-corrected chi connectivity index (χ1v) is 8.57. The standard InChI is InChI=1S/C19H18N2O3S/c1-23-11-13-4-3-5-15(10-13)20-18(22)17-12-25-19(21-17)14-6-8-16(24-2)9-7-14/h3-10,12H,11H2,1-2H3,(H,20,22). The molecule has 3 aromatic rings. The summed E-state index contributed by atoms with van der Waals surface area (Å²) in [6.45, 7) is 0.502. The lowest BCUT2D eigenvalue weighted by Crippen LogP contribution is -2.12.